The average molecular weight is 281 g/mol. The number of nitrogens with zero attached hydrogens (tertiary/aromatic N) is 1. The van der Waals surface area contributed by atoms with E-state index in [0.717, 1.165) is 64.7 Å². The van der Waals surface area contributed by atoms with E-state index in [4.69, 9.17) is 0 Å². The molecular formula is C15H27N3O2. The molecule has 2 saturated heterocycles. The molecule has 2 amide bonds. The van der Waals surface area contributed by atoms with Crippen molar-refractivity contribution < 1.29 is 9.59 Å². The van der Waals surface area contributed by atoms with Crippen LogP contribution in [0, 0.1) is 5.92 Å². The molecule has 0 aromatic carbocycles. The molecule has 0 aromatic heterocycles. The van der Waals surface area contributed by atoms with Crippen molar-refractivity contribution in [2.75, 3.05) is 32.7 Å². The van der Waals surface area contributed by atoms with Crippen molar-refractivity contribution in [1.82, 2.24) is 15.5 Å². The third kappa shape index (κ3) is 4.78. The molecule has 2 rings (SSSR count). The lowest BCUT2D eigenvalue weighted by atomic mass is 9.97. The van der Waals surface area contributed by atoms with E-state index in [2.05, 4.69) is 10.6 Å². The molecule has 0 aromatic rings. The number of piperidine rings is 1. The number of hydrogen-bond donors (Lipinski definition) is 2. The predicted molar refractivity (Wildman–Crippen MR) is 78.3 cm³/mol. The van der Waals surface area contributed by atoms with Crippen LogP contribution in [0.5, 0.6) is 0 Å². The maximum absolute atomic E-state index is 11.9. The summed E-state index contributed by atoms with van der Waals surface area (Å²) >= 11 is 0. The lowest BCUT2D eigenvalue weighted by molar-refractivity contribution is -0.130. The standard InChI is InChI=1S/C15H27N3O2/c19-14-5-2-1-3-11-18(14)12-4-8-17-15(20)13-6-9-16-10-7-13/h13,16H,1-12H2,(H,17,20). The van der Waals surface area contributed by atoms with Gasteiger partial charge in [-0.25, -0.2) is 0 Å². The quantitative estimate of drug-likeness (QED) is 0.736. The second kappa shape index (κ2) is 8.25. The second-order valence-electron chi connectivity index (χ2n) is 5.86. The molecule has 5 heteroatoms. The van der Waals surface area contributed by atoms with E-state index in [9.17, 15) is 9.59 Å². The van der Waals surface area contributed by atoms with Crippen LogP contribution in [0.2, 0.25) is 0 Å². The lowest BCUT2D eigenvalue weighted by Gasteiger charge is -2.23. The molecular weight excluding hydrogens is 254 g/mol. The Morgan fingerprint density at radius 1 is 1.25 bits per heavy atom. The topological polar surface area (TPSA) is 61.4 Å². The largest absolute Gasteiger partial charge is 0.356 e. The molecule has 0 radical (unpaired) electrons. The molecule has 2 aliphatic heterocycles. The Morgan fingerprint density at radius 3 is 2.85 bits per heavy atom. The fourth-order valence-electron chi connectivity index (χ4n) is 2.98. The number of carbonyl (C=O) groups excluding carboxylic acids is 2. The van der Waals surface area contributed by atoms with Crippen molar-refractivity contribution in [2.45, 2.75) is 44.9 Å². The molecule has 0 saturated carbocycles. The normalized spacial score (nSPS) is 21.6. The highest BCUT2D eigenvalue weighted by molar-refractivity contribution is 5.78. The van der Waals surface area contributed by atoms with Crippen LogP contribution in [-0.4, -0.2) is 49.4 Å². The minimum atomic E-state index is 0.177. The van der Waals surface area contributed by atoms with Crippen LogP contribution in [0.1, 0.15) is 44.9 Å². The van der Waals surface area contributed by atoms with E-state index in [1.807, 2.05) is 4.90 Å². The monoisotopic (exact) mass is 281 g/mol. The van der Waals surface area contributed by atoms with E-state index in [-0.39, 0.29) is 17.7 Å². The molecule has 2 heterocycles. The first-order valence-electron chi connectivity index (χ1n) is 8.03. The molecule has 0 unspecified atom stereocenters. The number of nitrogens with one attached hydrogen (secondary N) is 2. The van der Waals surface area contributed by atoms with Crippen LogP contribution < -0.4 is 10.6 Å². The Hall–Kier alpha value is -1.10. The first-order valence-corrected chi connectivity index (χ1v) is 8.03. The van der Waals surface area contributed by atoms with Crippen molar-refractivity contribution in [3.05, 3.63) is 0 Å². The summed E-state index contributed by atoms with van der Waals surface area (Å²) in [4.78, 5) is 25.7. The van der Waals surface area contributed by atoms with Gasteiger partial charge >= 0.3 is 0 Å². The molecule has 2 aliphatic rings. The van der Waals surface area contributed by atoms with Gasteiger partial charge < -0.3 is 15.5 Å². The summed E-state index contributed by atoms with van der Waals surface area (Å²) in [6.07, 6.45) is 6.75. The Labute approximate surface area is 121 Å². The number of hydrogen-bond acceptors (Lipinski definition) is 3. The molecule has 2 N–H and O–H groups in total. The van der Waals surface area contributed by atoms with Gasteiger partial charge in [-0.2, -0.15) is 0 Å². The molecule has 0 spiro atoms. The summed E-state index contributed by atoms with van der Waals surface area (Å²) in [7, 11) is 0. The molecule has 0 aliphatic carbocycles. The second-order valence-corrected chi connectivity index (χ2v) is 5.86. The fraction of sp³-hybridized carbons (Fsp3) is 0.867. The predicted octanol–water partition coefficient (Wildman–Crippen LogP) is 0.895. The SMILES string of the molecule is O=C(NCCCN1CCCCCC1=O)C1CCNCC1. The van der Waals surface area contributed by atoms with Crippen molar-refractivity contribution >= 4 is 11.8 Å². The number of amides is 2. The van der Waals surface area contributed by atoms with Crippen LogP contribution in [-0.2, 0) is 9.59 Å². The van der Waals surface area contributed by atoms with Gasteiger partial charge in [-0.3, -0.25) is 9.59 Å². The Bertz CT molecular complexity index is 327. The summed E-state index contributed by atoms with van der Waals surface area (Å²) in [5.74, 6) is 0.650. The van der Waals surface area contributed by atoms with Crippen molar-refractivity contribution in [1.29, 1.82) is 0 Å². The highest BCUT2D eigenvalue weighted by atomic mass is 16.2. The van der Waals surface area contributed by atoms with Crippen LogP contribution >= 0.6 is 0 Å². The number of carbonyl (C=O) groups is 2. The minimum Gasteiger partial charge on any atom is -0.356 e. The number of rotatable bonds is 5. The van der Waals surface area contributed by atoms with E-state index in [1.54, 1.807) is 0 Å². The van der Waals surface area contributed by atoms with Gasteiger partial charge in [0.15, 0.2) is 0 Å². The molecule has 114 valence electrons. The highest BCUT2D eigenvalue weighted by Crippen LogP contribution is 2.12. The van der Waals surface area contributed by atoms with Crippen molar-refractivity contribution in [3.8, 4) is 0 Å². The van der Waals surface area contributed by atoms with Crippen LogP contribution in [0.4, 0.5) is 0 Å². The average Bonchev–Trinajstić information content (AvgIpc) is 2.69. The van der Waals surface area contributed by atoms with Gasteiger partial charge in [0.2, 0.25) is 11.8 Å². The van der Waals surface area contributed by atoms with E-state index < -0.39 is 0 Å². The zero-order chi connectivity index (χ0) is 14.2. The maximum atomic E-state index is 11.9. The summed E-state index contributed by atoms with van der Waals surface area (Å²) in [6.45, 7) is 4.25. The Morgan fingerprint density at radius 2 is 2.05 bits per heavy atom. The van der Waals surface area contributed by atoms with Gasteiger partial charge in [0.1, 0.15) is 0 Å². The highest BCUT2D eigenvalue weighted by Gasteiger charge is 2.20. The van der Waals surface area contributed by atoms with Gasteiger partial charge in [-0.05, 0) is 45.2 Å². The van der Waals surface area contributed by atoms with Crippen molar-refractivity contribution in [2.24, 2.45) is 5.92 Å². The third-order valence-electron chi connectivity index (χ3n) is 4.29. The smallest absolute Gasteiger partial charge is 0.223 e. The maximum Gasteiger partial charge on any atom is 0.223 e. The number of likely N-dealkylation sites (tertiary alicyclic amines) is 1. The lowest BCUT2D eigenvalue weighted by Crippen LogP contribution is -2.39. The van der Waals surface area contributed by atoms with Gasteiger partial charge in [0.25, 0.3) is 0 Å². The summed E-state index contributed by atoms with van der Waals surface area (Å²) in [5, 5.41) is 6.28. The summed E-state index contributed by atoms with van der Waals surface area (Å²) in [5.41, 5.74) is 0. The zero-order valence-electron chi connectivity index (χ0n) is 12.3. The van der Waals surface area contributed by atoms with Gasteiger partial charge in [-0.1, -0.05) is 6.42 Å². The molecule has 20 heavy (non-hydrogen) atoms. The molecule has 5 nitrogen and oxygen atoms in total. The Balaban J connectivity index is 1.60. The van der Waals surface area contributed by atoms with E-state index >= 15 is 0 Å². The first kappa shape index (κ1) is 15.3. The van der Waals surface area contributed by atoms with Gasteiger partial charge in [-0.15, -0.1) is 0 Å². The summed E-state index contributed by atoms with van der Waals surface area (Å²) < 4.78 is 0. The molecule has 0 atom stereocenters. The minimum absolute atomic E-state index is 0.177. The van der Waals surface area contributed by atoms with E-state index in [0.29, 0.717) is 13.0 Å². The zero-order valence-corrected chi connectivity index (χ0v) is 12.3. The third-order valence-corrected chi connectivity index (χ3v) is 4.29. The van der Waals surface area contributed by atoms with Gasteiger partial charge in [0.05, 0.1) is 0 Å². The van der Waals surface area contributed by atoms with Crippen LogP contribution in [0.25, 0.3) is 0 Å². The molecule has 2 fully saturated rings. The van der Waals surface area contributed by atoms with Crippen molar-refractivity contribution in [3.63, 3.8) is 0 Å². The summed E-state index contributed by atoms with van der Waals surface area (Å²) in [6, 6.07) is 0. The van der Waals surface area contributed by atoms with Gasteiger partial charge in [0, 0.05) is 32.0 Å². The molecule has 0 bridgehead atoms. The van der Waals surface area contributed by atoms with E-state index in [1.165, 1.54) is 0 Å². The fourth-order valence-corrected chi connectivity index (χ4v) is 2.98. The first-order chi connectivity index (χ1) is 9.77. The Kier molecular flexibility index (Phi) is 6.30. The van der Waals surface area contributed by atoms with Crippen LogP contribution in [0.3, 0.4) is 0 Å². The van der Waals surface area contributed by atoms with Crippen LogP contribution in [0.15, 0.2) is 0 Å².